The maximum atomic E-state index is 13.8. The van der Waals surface area contributed by atoms with Gasteiger partial charge in [-0.2, -0.15) is 5.10 Å². The topological polar surface area (TPSA) is 38.0 Å². The maximum Gasteiger partial charge on any atom is 0.130 e. The Morgan fingerprint density at radius 3 is 2.75 bits per heavy atom. The lowest BCUT2D eigenvalue weighted by atomic mass is 10.0. The Morgan fingerprint density at radius 1 is 1.50 bits per heavy atom. The molecule has 0 fully saturated rings. The first kappa shape index (κ1) is 15.5. The normalized spacial score (nSPS) is 12.7. The number of aryl methyl sites for hydroxylation is 2. The molecule has 2 aromatic rings. The average molecular weight is 362 g/mol. The van der Waals surface area contributed by atoms with Crippen LogP contribution in [0.1, 0.15) is 30.0 Å². The number of hydrogen-bond donors (Lipinski definition) is 1. The van der Waals surface area contributed by atoms with Gasteiger partial charge in [0.1, 0.15) is 5.82 Å². The zero-order chi connectivity index (χ0) is 14.9. The van der Waals surface area contributed by atoms with Gasteiger partial charge in [-0.05, 0) is 34.5 Å². The van der Waals surface area contributed by atoms with Crippen molar-refractivity contribution < 1.29 is 9.50 Å². The molecule has 108 valence electrons. The van der Waals surface area contributed by atoms with Crippen molar-refractivity contribution in [3.05, 3.63) is 50.5 Å². The first-order valence-electron chi connectivity index (χ1n) is 6.27. The van der Waals surface area contributed by atoms with E-state index in [0.29, 0.717) is 0 Å². The summed E-state index contributed by atoms with van der Waals surface area (Å²) in [6, 6.07) is 4.38. The SMILES string of the molecule is CCc1nn(C)c(CC(O)c2c(F)cccc2Cl)c1Br. The molecule has 0 bridgehead atoms. The average Bonchev–Trinajstić information content (AvgIpc) is 2.66. The van der Waals surface area contributed by atoms with Crippen molar-refractivity contribution in [2.75, 3.05) is 0 Å². The molecule has 2 rings (SSSR count). The molecule has 1 aromatic heterocycles. The van der Waals surface area contributed by atoms with Crippen molar-refractivity contribution in [1.29, 1.82) is 0 Å². The fourth-order valence-electron chi connectivity index (χ4n) is 2.16. The fraction of sp³-hybridized carbons (Fsp3) is 0.357. The van der Waals surface area contributed by atoms with Crippen LogP contribution in [-0.4, -0.2) is 14.9 Å². The van der Waals surface area contributed by atoms with E-state index in [9.17, 15) is 9.50 Å². The quantitative estimate of drug-likeness (QED) is 0.899. The standard InChI is InChI=1S/C14H15BrClFN2O/c1-3-10-14(15)11(19(2)18-10)7-12(20)13-8(16)5-4-6-9(13)17/h4-6,12,20H,3,7H2,1-2H3. The predicted octanol–water partition coefficient (Wildman–Crippen LogP) is 3.81. The van der Waals surface area contributed by atoms with Gasteiger partial charge in [0.15, 0.2) is 0 Å². The van der Waals surface area contributed by atoms with Crippen LogP contribution in [0.3, 0.4) is 0 Å². The number of halogens is 3. The second-order valence-corrected chi connectivity index (χ2v) is 5.74. The number of aliphatic hydroxyl groups is 1. The molecule has 1 atom stereocenters. The van der Waals surface area contributed by atoms with Crippen LogP contribution < -0.4 is 0 Å². The van der Waals surface area contributed by atoms with Crippen LogP contribution in [-0.2, 0) is 19.9 Å². The van der Waals surface area contributed by atoms with Gasteiger partial charge in [-0.3, -0.25) is 4.68 Å². The van der Waals surface area contributed by atoms with Crippen molar-refractivity contribution in [3.63, 3.8) is 0 Å². The Labute approximate surface area is 130 Å². The molecule has 6 heteroatoms. The summed E-state index contributed by atoms with van der Waals surface area (Å²) in [6.07, 6.45) is 0.00973. The van der Waals surface area contributed by atoms with Gasteiger partial charge < -0.3 is 5.11 Å². The third kappa shape index (κ3) is 2.90. The Hall–Kier alpha value is -0.910. The largest absolute Gasteiger partial charge is 0.388 e. The number of aliphatic hydroxyl groups excluding tert-OH is 1. The van der Waals surface area contributed by atoms with E-state index in [1.54, 1.807) is 17.8 Å². The van der Waals surface area contributed by atoms with Gasteiger partial charge in [0, 0.05) is 24.1 Å². The molecule has 0 aliphatic heterocycles. The maximum absolute atomic E-state index is 13.8. The summed E-state index contributed by atoms with van der Waals surface area (Å²) >= 11 is 9.45. The minimum absolute atomic E-state index is 0.125. The summed E-state index contributed by atoms with van der Waals surface area (Å²) in [5, 5.41) is 14.9. The summed E-state index contributed by atoms with van der Waals surface area (Å²) in [7, 11) is 1.80. The van der Waals surface area contributed by atoms with Crippen LogP contribution in [0.5, 0.6) is 0 Å². The molecular weight excluding hydrogens is 347 g/mol. The molecule has 1 heterocycles. The van der Waals surface area contributed by atoms with Gasteiger partial charge in [-0.15, -0.1) is 0 Å². The van der Waals surface area contributed by atoms with Crippen molar-refractivity contribution in [2.45, 2.75) is 25.9 Å². The Balaban J connectivity index is 2.33. The summed E-state index contributed by atoms with van der Waals surface area (Å²) in [5.74, 6) is -0.501. The predicted molar refractivity (Wildman–Crippen MR) is 80.4 cm³/mol. The summed E-state index contributed by atoms with van der Waals surface area (Å²) in [5.41, 5.74) is 1.85. The molecule has 0 spiro atoms. The fourth-order valence-corrected chi connectivity index (χ4v) is 3.22. The van der Waals surface area contributed by atoms with Gasteiger partial charge in [0.25, 0.3) is 0 Å². The molecular formula is C14H15BrClFN2O. The highest BCUT2D eigenvalue weighted by Crippen LogP contribution is 2.31. The van der Waals surface area contributed by atoms with Crippen LogP contribution in [0.2, 0.25) is 5.02 Å². The molecule has 0 radical (unpaired) electrons. The number of hydrogen-bond acceptors (Lipinski definition) is 2. The molecule has 1 aromatic carbocycles. The monoisotopic (exact) mass is 360 g/mol. The van der Waals surface area contributed by atoms with E-state index in [1.165, 1.54) is 12.1 Å². The molecule has 0 saturated carbocycles. The second kappa shape index (κ2) is 6.24. The highest BCUT2D eigenvalue weighted by molar-refractivity contribution is 9.10. The Morgan fingerprint density at radius 2 is 2.20 bits per heavy atom. The van der Waals surface area contributed by atoms with Crippen LogP contribution >= 0.6 is 27.5 Å². The summed E-state index contributed by atoms with van der Waals surface area (Å²) in [4.78, 5) is 0. The third-order valence-corrected chi connectivity index (χ3v) is 4.47. The van der Waals surface area contributed by atoms with Crippen molar-refractivity contribution >= 4 is 27.5 Å². The van der Waals surface area contributed by atoms with E-state index >= 15 is 0 Å². The van der Waals surface area contributed by atoms with Gasteiger partial charge in [-0.1, -0.05) is 24.6 Å². The number of benzene rings is 1. The van der Waals surface area contributed by atoms with Crippen LogP contribution in [0, 0.1) is 5.82 Å². The molecule has 0 aliphatic rings. The zero-order valence-corrected chi connectivity index (χ0v) is 13.5. The minimum Gasteiger partial charge on any atom is -0.388 e. The number of nitrogens with zero attached hydrogens (tertiary/aromatic N) is 2. The first-order valence-corrected chi connectivity index (χ1v) is 7.45. The van der Waals surface area contributed by atoms with Crippen LogP contribution in [0.25, 0.3) is 0 Å². The second-order valence-electron chi connectivity index (χ2n) is 4.54. The Bertz CT molecular complexity index is 610. The lowest BCUT2D eigenvalue weighted by molar-refractivity contribution is 0.171. The van der Waals surface area contributed by atoms with Gasteiger partial charge in [-0.25, -0.2) is 4.39 Å². The molecule has 1 N–H and O–H groups in total. The number of aromatic nitrogens is 2. The van der Waals surface area contributed by atoms with Crippen LogP contribution in [0.4, 0.5) is 4.39 Å². The van der Waals surface area contributed by atoms with Gasteiger partial charge in [0.2, 0.25) is 0 Å². The molecule has 0 aliphatic carbocycles. The van der Waals surface area contributed by atoms with Crippen molar-refractivity contribution in [3.8, 4) is 0 Å². The first-order chi connectivity index (χ1) is 9.45. The highest BCUT2D eigenvalue weighted by atomic mass is 79.9. The molecule has 0 saturated heterocycles. The molecule has 20 heavy (non-hydrogen) atoms. The minimum atomic E-state index is -1.01. The van der Waals surface area contributed by atoms with Crippen LogP contribution in [0.15, 0.2) is 22.7 Å². The zero-order valence-electron chi connectivity index (χ0n) is 11.2. The third-order valence-electron chi connectivity index (χ3n) is 3.22. The lowest BCUT2D eigenvalue weighted by Gasteiger charge is -2.14. The molecule has 0 amide bonds. The smallest absolute Gasteiger partial charge is 0.130 e. The van der Waals surface area contributed by atoms with Crippen molar-refractivity contribution in [2.24, 2.45) is 7.05 Å². The summed E-state index contributed by atoms with van der Waals surface area (Å²) in [6.45, 7) is 2.00. The van der Waals surface area contributed by atoms with E-state index in [2.05, 4.69) is 21.0 Å². The summed E-state index contributed by atoms with van der Waals surface area (Å²) < 4.78 is 16.3. The van der Waals surface area contributed by atoms with E-state index in [0.717, 1.165) is 22.3 Å². The number of rotatable bonds is 4. The van der Waals surface area contributed by atoms with E-state index in [1.807, 2.05) is 6.92 Å². The van der Waals surface area contributed by atoms with Gasteiger partial charge >= 0.3 is 0 Å². The van der Waals surface area contributed by atoms with E-state index in [-0.39, 0.29) is 17.0 Å². The lowest BCUT2D eigenvalue weighted by Crippen LogP contribution is -2.09. The van der Waals surface area contributed by atoms with E-state index in [4.69, 9.17) is 11.6 Å². The van der Waals surface area contributed by atoms with Gasteiger partial charge in [0.05, 0.1) is 22.0 Å². The molecule has 3 nitrogen and oxygen atoms in total. The van der Waals surface area contributed by atoms with Crippen molar-refractivity contribution in [1.82, 2.24) is 9.78 Å². The molecule has 1 unspecified atom stereocenters. The van der Waals surface area contributed by atoms with E-state index < -0.39 is 11.9 Å². The Kier molecular flexibility index (Phi) is 4.83. The highest BCUT2D eigenvalue weighted by Gasteiger charge is 2.21.